The molecule has 1 aliphatic heterocycles. The second-order valence-corrected chi connectivity index (χ2v) is 6.36. The van der Waals surface area contributed by atoms with Crippen molar-refractivity contribution in [3.05, 3.63) is 48.3 Å². The number of anilines is 2. The molecule has 0 bridgehead atoms. The summed E-state index contributed by atoms with van der Waals surface area (Å²) in [6, 6.07) is 9.32. The highest BCUT2D eigenvalue weighted by molar-refractivity contribution is 6.03. The fourth-order valence-corrected chi connectivity index (χ4v) is 3.00. The number of nitrogens with one attached hydrogen (secondary N) is 1. The van der Waals surface area contributed by atoms with Gasteiger partial charge in [0.1, 0.15) is 6.42 Å². The van der Waals surface area contributed by atoms with Crippen LogP contribution in [0.1, 0.15) is 18.4 Å². The van der Waals surface area contributed by atoms with Crippen molar-refractivity contribution in [2.24, 2.45) is 0 Å². The van der Waals surface area contributed by atoms with E-state index in [2.05, 4.69) is 20.2 Å². The Bertz CT molecular complexity index is 766. The van der Waals surface area contributed by atoms with Crippen molar-refractivity contribution >= 4 is 23.5 Å². The molecule has 0 aliphatic carbocycles. The van der Waals surface area contributed by atoms with Gasteiger partial charge in [0.15, 0.2) is 0 Å². The van der Waals surface area contributed by atoms with Gasteiger partial charge in [0.2, 0.25) is 17.8 Å². The molecule has 1 saturated heterocycles. The number of aromatic nitrogens is 2. The van der Waals surface area contributed by atoms with Crippen LogP contribution in [0.2, 0.25) is 0 Å². The Balaban J connectivity index is 1.52. The highest BCUT2D eigenvalue weighted by Gasteiger charge is 2.22. The van der Waals surface area contributed by atoms with Crippen LogP contribution in [-0.2, 0) is 9.59 Å². The molecular formula is C19H23N5O2. The van der Waals surface area contributed by atoms with Crippen LogP contribution in [0.15, 0.2) is 42.7 Å². The van der Waals surface area contributed by atoms with Crippen molar-refractivity contribution in [1.29, 1.82) is 0 Å². The van der Waals surface area contributed by atoms with Gasteiger partial charge in [0, 0.05) is 44.3 Å². The van der Waals surface area contributed by atoms with Gasteiger partial charge < -0.3 is 15.1 Å². The topological polar surface area (TPSA) is 78.4 Å². The predicted octanol–water partition coefficient (Wildman–Crippen LogP) is 1.85. The van der Waals surface area contributed by atoms with Crippen LogP contribution in [0.3, 0.4) is 0 Å². The van der Waals surface area contributed by atoms with E-state index in [1.54, 1.807) is 23.4 Å². The third-order valence-electron chi connectivity index (χ3n) is 4.30. The average molecular weight is 353 g/mol. The molecule has 2 aromatic rings. The van der Waals surface area contributed by atoms with E-state index in [4.69, 9.17) is 0 Å². The summed E-state index contributed by atoms with van der Waals surface area (Å²) in [5.74, 6) is 0.248. The zero-order valence-corrected chi connectivity index (χ0v) is 14.9. The van der Waals surface area contributed by atoms with E-state index in [1.807, 2.05) is 31.2 Å². The molecule has 7 nitrogen and oxygen atoms in total. The van der Waals surface area contributed by atoms with E-state index >= 15 is 0 Å². The number of aryl methyl sites for hydroxylation is 1. The highest BCUT2D eigenvalue weighted by atomic mass is 16.2. The van der Waals surface area contributed by atoms with E-state index < -0.39 is 0 Å². The fourth-order valence-electron chi connectivity index (χ4n) is 3.00. The summed E-state index contributed by atoms with van der Waals surface area (Å²) < 4.78 is 0. The van der Waals surface area contributed by atoms with Crippen LogP contribution >= 0.6 is 0 Å². The van der Waals surface area contributed by atoms with E-state index in [-0.39, 0.29) is 18.2 Å². The van der Waals surface area contributed by atoms with Gasteiger partial charge in [-0.2, -0.15) is 0 Å². The third kappa shape index (κ3) is 4.78. The van der Waals surface area contributed by atoms with Gasteiger partial charge in [-0.15, -0.1) is 0 Å². The second-order valence-electron chi connectivity index (χ2n) is 6.36. The van der Waals surface area contributed by atoms with Crippen LogP contribution in [0.25, 0.3) is 0 Å². The molecule has 0 saturated carbocycles. The maximum absolute atomic E-state index is 12.5. The van der Waals surface area contributed by atoms with Crippen molar-refractivity contribution < 1.29 is 9.59 Å². The summed E-state index contributed by atoms with van der Waals surface area (Å²) in [4.78, 5) is 37.0. The number of carbonyl (C=O) groups is 2. The van der Waals surface area contributed by atoms with Crippen molar-refractivity contribution in [2.75, 3.05) is 36.4 Å². The first kappa shape index (κ1) is 17.8. The third-order valence-corrected chi connectivity index (χ3v) is 4.30. The largest absolute Gasteiger partial charge is 0.340 e. The van der Waals surface area contributed by atoms with Crippen molar-refractivity contribution in [3.8, 4) is 0 Å². The Hall–Kier alpha value is -2.96. The minimum absolute atomic E-state index is 0.143. The number of hydrogen-bond acceptors (Lipinski definition) is 5. The minimum atomic E-state index is -0.284. The summed E-state index contributed by atoms with van der Waals surface area (Å²) in [6.45, 7) is 4.62. The van der Waals surface area contributed by atoms with Crippen LogP contribution in [0.4, 0.5) is 11.6 Å². The van der Waals surface area contributed by atoms with Gasteiger partial charge in [0.05, 0.1) is 0 Å². The fraction of sp³-hybridized carbons (Fsp3) is 0.368. The van der Waals surface area contributed by atoms with Gasteiger partial charge in [-0.05, 0) is 37.1 Å². The second kappa shape index (κ2) is 8.42. The Kier molecular flexibility index (Phi) is 5.78. The van der Waals surface area contributed by atoms with Crippen molar-refractivity contribution in [3.63, 3.8) is 0 Å². The molecule has 1 aromatic carbocycles. The first-order valence-electron chi connectivity index (χ1n) is 8.78. The number of amides is 2. The summed E-state index contributed by atoms with van der Waals surface area (Å²) in [5, 5.41) is 2.79. The van der Waals surface area contributed by atoms with Gasteiger partial charge in [-0.1, -0.05) is 12.1 Å². The molecule has 0 unspecified atom stereocenters. The van der Waals surface area contributed by atoms with Crippen LogP contribution in [-0.4, -0.2) is 52.9 Å². The number of nitrogens with zero attached hydrogens (tertiary/aromatic N) is 4. The Labute approximate surface area is 153 Å². The summed E-state index contributed by atoms with van der Waals surface area (Å²) in [6.07, 6.45) is 4.11. The molecule has 1 N–H and O–H groups in total. The molecule has 136 valence electrons. The van der Waals surface area contributed by atoms with Crippen LogP contribution < -0.4 is 10.2 Å². The van der Waals surface area contributed by atoms with E-state index in [0.717, 1.165) is 18.5 Å². The number of hydrogen-bond donors (Lipinski definition) is 1. The zero-order valence-electron chi connectivity index (χ0n) is 14.9. The van der Waals surface area contributed by atoms with Gasteiger partial charge in [-0.3, -0.25) is 9.59 Å². The first-order valence-corrected chi connectivity index (χ1v) is 8.78. The van der Waals surface area contributed by atoms with Crippen molar-refractivity contribution in [2.45, 2.75) is 19.8 Å². The van der Waals surface area contributed by atoms with Gasteiger partial charge in [0.25, 0.3) is 0 Å². The molecule has 0 spiro atoms. The predicted molar refractivity (Wildman–Crippen MR) is 99.9 cm³/mol. The van der Waals surface area contributed by atoms with Gasteiger partial charge >= 0.3 is 0 Å². The lowest BCUT2D eigenvalue weighted by Gasteiger charge is -2.22. The molecule has 1 aliphatic rings. The Morgan fingerprint density at radius 1 is 1.08 bits per heavy atom. The number of benzene rings is 1. The van der Waals surface area contributed by atoms with Crippen LogP contribution in [0, 0.1) is 6.92 Å². The molecule has 0 atom stereocenters. The molecular weight excluding hydrogens is 330 g/mol. The molecule has 7 heteroatoms. The van der Waals surface area contributed by atoms with Gasteiger partial charge in [-0.25, -0.2) is 9.97 Å². The minimum Gasteiger partial charge on any atom is -0.340 e. The van der Waals surface area contributed by atoms with E-state index in [9.17, 15) is 9.59 Å². The Morgan fingerprint density at radius 2 is 1.88 bits per heavy atom. The van der Waals surface area contributed by atoms with E-state index in [1.165, 1.54) is 0 Å². The SMILES string of the molecule is Cc1cccc(NC(=O)CC(=O)N2CCCN(c3ncccn3)CC2)c1. The number of rotatable bonds is 4. The van der Waals surface area contributed by atoms with Crippen LogP contribution in [0.5, 0.6) is 0 Å². The smallest absolute Gasteiger partial charge is 0.233 e. The molecule has 26 heavy (non-hydrogen) atoms. The highest BCUT2D eigenvalue weighted by Crippen LogP contribution is 2.12. The maximum atomic E-state index is 12.5. The molecule has 2 heterocycles. The standard InChI is InChI=1S/C19H23N5O2/c1-15-5-2-6-16(13-15)22-17(25)14-18(26)23-9-4-10-24(12-11-23)19-20-7-3-8-21-19/h2-3,5-8,13H,4,9-12,14H2,1H3,(H,22,25). The van der Waals surface area contributed by atoms with Crippen molar-refractivity contribution in [1.82, 2.24) is 14.9 Å². The maximum Gasteiger partial charge on any atom is 0.233 e. The summed E-state index contributed by atoms with van der Waals surface area (Å²) in [5.41, 5.74) is 1.77. The quantitative estimate of drug-likeness (QED) is 0.849. The molecule has 1 fully saturated rings. The summed E-state index contributed by atoms with van der Waals surface area (Å²) in [7, 11) is 0. The lowest BCUT2D eigenvalue weighted by Crippen LogP contribution is -2.37. The number of carbonyl (C=O) groups excluding carboxylic acids is 2. The lowest BCUT2D eigenvalue weighted by molar-refractivity contribution is -0.134. The molecule has 1 aromatic heterocycles. The molecule has 3 rings (SSSR count). The molecule has 0 radical (unpaired) electrons. The first-order chi connectivity index (χ1) is 12.6. The van der Waals surface area contributed by atoms with E-state index in [0.29, 0.717) is 31.3 Å². The molecule has 2 amide bonds. The average Bonchev–Trinajstić information content (AvgIpc) is 2.88. The lowest BCUT2D eigenvalue weighted by atomic mass is 10.2. The Morgan fingerprint density at radius 3 is 2.65 bits per heavy atom. The monoisotopic (exact) mass is 353 g/mol. The normalized spacial score (nSPS) is 14.7. The summed E-state index contributed by atoms with van der Waals surface area (Å²) >= 11 is 0. The zero-order chi connectivity index (χ0) is 18.4.